The Morgan fingerprint density at radius 3 is 2.61 bits per heavy atom. The first-order valence-electron chi connectivity index (χ1n) is 6.81. The van der Waals surface area contributed by atoms with Crippen molar-refractivity contribution in [1.29, 1.82) is 0 Å². The van der Waals surface area contributed by atoms with Crippen LogP contribution in [0.2, 0.25) is 0 Å². The summed E-state index contributed by atoms with van der Waals surface area (Å²) in [6.45, 7) is 1.31. The molecule has 0 saturated heterocycles. The lowest BCUT2D eigenvalue weighted by atomic mass is 10.1. The molecule has 0 aliphatic heterocycles. The molecule has 23 heavy (non-hydrogen) atoms. The number of allylic oxidation sites excluding steroid dienone is 1. The molecule has 0 fully saturated rings. The van der Waals surface area contributed by atoms with E-state index in [9.17, 15) is 9.59 Å². The van der Waals surface area contributed by atoms with Gasteiger partial charge in [0.1, 0.15) is 5.76 Å². The minimum Gasteiger partial charge on any atom is -0.493 e. The third-order valence-electron chi connectivity index (χ3n) is 2.95. The van der Waals surface area contributed by atoms with E-state index >= 15 is 0 Å². The standard InChI is InChI=1S/C17H16O6/c1-11-3-7-14(23-11)13(18)6-4-12-5-8-15(16(9-12)21-2)22-10-17(19)20/h3-9H,10H2,1-2H3,(H,19,20). The van der Waals surface area contributed by atoms with E-state index in [0.717, 1.165) is 0 Å². The van der Waals surface area contributed by atoms with Crippen LogP contribution in [0.1, 0.15) is 21.9 Å². The Morgan fingerprint density at radius 2 is 2.00 bits per heavy atom. The zero-order chi connectivity index (χ0) is 16.8. The quantitative estimate of drug-likeness (QED) is 0.624. The fourth-order valence-corrected chi connectivity index (χ4v) is 1.87. The van der Waals surface area contributed by atoms with Gasteiger partial charge in [-0.1, -0.05) is 12.1 Å². The van der Waals surface area contributed by atoms with Gasteiger partial charge in [-0.25, -0.2) is 4.79 Å². The maximum absolute atomic E-state index is 11.9. The van der Waals surface area contributed by atoms with Crippen LogP contribution in [-0.2, 0) is 4.79 Å². The van der Waals surface area contributed by atoms with Crippen molar-refractivity contribution in [2.45, 2.75) is 6.92 Å². The van der Waals surface area contributed by atoms with Gasteiger partial charge in [0.15, 0.2) is 23.9 Å². The first-order chi connectivity index (χ1) is 11.0. The number of rotatable bonds is 7. The molecule has 6 heteroatoms. The van der Waals surface area contributed by atoms with E-state index in [1.807, 2.05) is 0 Å². The maximum Gasteiger partial charge on any atom is 0.341 e. The Kier molecular flexibility index (Phi) is 5.19. The van der Waals surface area contributed by atoms with Gasteiger partial charge in [0.25, 0.3) is 0 Å². The topological polar surface area (TPSA) is 86.0 Å². The summed E-state index contributed by atoms with van der Waals surface area (Å²) in [7, 11) is 1.45. The molecule has 0 amide bonds. The van der Waals surface area contributed by atoms with Crippen LogP contribution in [0.4, 0.5) is 0 Å². The van der Waals surface area contributed by atoms with Crippen LogP contribution in [0.5, 0.6) is 11.5 Å². The van der Waals surface area contributed by atoms with Gasteiger partial charge < -0.3 is 19.0 Å². The number of carbonyl (C=O) groups excluding carboxylic acids is 1. The molecule has 1 aromatic heterocycles. The molecule has 0 saturated carbocycles. The number of aliphatic carboxylic acids is 1. The first kappa shape index (κ1) is 16.4. The minimum atomic E-state index is -1.07. The van der Waals surface area contributed by atoms with E-state index in [1.54, 1.807) is 43.3 Å². The molecule has 1 aromatic carbocycles. The SMILES string of the molecule is COc1cc(C=CC(=O)c2ccc(C)o2)ccc1OCC(=O)O. The summed E-state index contributed by atoms with van der Waals surface area (Å²) in [5.41, 5.74) is 0.709. The molecule has 120 valence electrons. The number of ketones is 1. The summed E-state index contributed by atoms with van der Waals surface area (Å²) >= 11 is 0. The van der Waals surface area contributed by atoms with Crippen LogP contribution in [0.25, 0.3) is 6.08 Å². The molecule has 0 spiro atoms. The summed E-state index contributed by atoms with van der Waals surface area (Å²) < 4.78 is 15.5. The van der Waals surface area contributed by atoms with Crippen molar-refractivity contribution >= 4 is 17.8 Å². The summed E-state index contributed by atoms with van der Waals surface area (Å²) in [6, 6.07) is 8.26. The average Bonchev–Trinajstić information content (AvgIpc) is 2.97. The number of aryl methyl sites for hydroxylation is 1. The number of benzene rings is 1. The highest BCUT2D eigenvalue weighted by molar-refractivity contribution is 6.04. The number of hydrogen-bond acceptors (Lipinski definition) is 5. The molecule has 0 unspecified atom stereocenters. The predicted molar refractivity (Wildman–Crippen MR) is 82.9 cm³/mol. The molecule has 0 aliphatic carbocycles. The van der Waals surface area contributed by atoms with Gasteiger partial charge in [0.2, 0.25) is 5.78 Å². The fraction of sp³-hybridized carbons (Fsp3) is 0.176. The molecule has 2 rings (SSSR count). The van der Waals surface area contributed by atoms with Gasteiger partial charge in [-0.2, -0.15) is 0 Å². The van der Waals surface area contributed by atoms with Crippen molar-refractivity contribution in [3.8, 4) is 11.5 Å². The van der Waals surface area contributed by atoms with Crippen LogP contribution in [0.3, 0.4) is 0 Å². The smallest absolute Gasteiger partial charge is 0.341 e. The lowest BCUT2D eigenvalue weighted by Crippen LogP contribution is -2.10. The first-order valence-corrected chi connectivity index (χ1v) is 6.81. The number of methoxy groups -OCH3 is 1. The molecular formula is C17H16O6. The van der Waals surface area contributed by atoms with Crippen molar-refractivity contribution < 1.29 is 28.6 Å². The Hall–Kier alpha value is -3.02. The van der Waals surface area contributed by atoms with Gasteiger partial charge in [-0.15, -0.1) is 0 Å². The summed E-state index contributed by atoms with van der Waals surface area (Å²) in [5, 5.41) is 8.62. The van der Waals surface area contributed by atoms with E-state index in [2.05, 4.69) is 0 Å². The third-order valence-corrected chi connectivity index (χ3v) is 2.95. The molecule has 6 nitrogen and oxygen atoms in total. The Bertz CT molecular complexity index is 741. The van der Waals surface area contributed by atoms with Gasteiger partial charge >= 0.3 is 5.97 Å². The molecule has 1 heterocycles. The van der Waals surface area contributed by atoms with Crippen LogP contribution < -0.4 is 9.47 Å². The van der Waals surface area contributed by atoms with Crippen LogP contribution in [0, 0.1) is 6.92 Å². The molecule has 2 aromatic rings. The normalized spacial score (nSPS) is 10.7. The van der Waals surface area contributed by atoms with Crippen LogP contribution >= 0.6 is 0 Å². The zero-order valence-corrected chi connectivity index (χ0v) is 12.7. The number of ether oxygens (including phenoxy) is 2. The van der Waals surface area contributed by atoms with Crippen molar-refractivity contribution in [3.63, 3.8) is 0 Å². The number of carboxylic acids is 1. The molecule has 0 aliphatic rings. The Morgan fingerprint density at radius 1 is 1.22 bits per heavy atom. The second-order valence-electron chi connectivity index (χ2n) is 4.70. The average molecular weight is 316 g/mol. The molecule has 0 atom stereocenters. The zero-order valence-electron chi connectivity index (χ0n) is 12.7. The highest BCUT2D eigenvalue weighted by Crippen LogP contribution is 2.28. The predicted octanol–water partition coefficient (Wildman–Crippen LogP) is 2.96. The second-order valence-corrected chi connectivity index (χ2v) is 4.70. The van der Waals surface area contributed by atoms with E-state index in [0.29, 0.717) is 22.8 Å². The van der Waals surface area contributed by atoms with E-state index < -0.39 is 12.6 Å². The fourth-order valence-electron chi connectivity index (χ4n) is 1.87. The van der Waals surface area contributed by atoms with Crippen molar-refractivity contribution in [1.82, 2.24) is 0 Å². The lowest BCUT2D eigenvalue weighted by molar-refractivity contribution is -0.139. The van der Waals surface area contributed by atoms with E-state index in [1.165, 1.54) is 13.2 Å². The maximum atomic E-state index is 11.9. The van der Waals surface area contributed by atoms with Crippen LogP contribution in [0.15, 0.2) is 40.8 Å². The van der Waals surface area contributed by atoms with Gasteiger partial charge in [-0.3, -0.25) is 4.79 Å². The number of carboxylic acid groups (broad SMARTS) is 1. The summed E-state index contributed by atoms with van der Waals surface area (Å²) in [5.74, 6) is 0.323. The van der Waals surface area contributed by atoms with Crippen molar-refractivity contribution in [2.75, 3.05) is 13.7 Å². The number of furan rings is 1. The Labute approximate surface area is 132 Å². The Balaban J connectivity index is 2.12. The van der Waals surface area contributed by atoms with Gasteiger partial charge in [0.05, 0.1) is 7.11 Å². The molecule has 0 bridgehead atoms. The highest BCUT2D eigenvalue weighted by atomic mass is 16.5. The summed E-state index contributed by atoms with van der Waals surface area (Å²) in [4.78, 5) is 22.5. The van der Waals surface area contributed by atoms with Crippen molar-refractivity contribution in [2.24, 2.45) is 0 Å². The highest BCUT2D eigenvalue weighted by Gasteiger charge is 2.08. The minimum absolute atomic E-state index is 0.247. The largest absolute Gasteiger partial charge is 0.493 e. The molecule has 1 N–H and O–H groups in total. The van der Waals surface area contributed by atoms with Crippen LogP contribution in [-0.4, -0.2) is 30.6 Å². The monoisotopic (exact) mass is 316 g/mol. The molecule has 0 radical (unpaired) electrons. The van der Waals surface area contributed by atoms with E-state index in [4.69, 9.17) is 19.0 Å². The molecular weight excluding hydrogens is 300 g/mol. The van der Waals surface area contributed by atoms with Gasteiger partial charge in [0, 0.05) is 0 Å². The third kappa shape index (κ3) is 4.47. The number of carbonyl (C=O) groups is 2. The second kappa shape index (κ2) is 7.31. The van der Waals surface area contributed by atoms with E-state index in [-0.39, 0.29) is 11.5 Å². The van der Waals surface area contributed by atoms with Crippen molar-refractivity contribution in [3.05, 3.63) is 53.5 Å². The summed E-state index contributed by atoms with van der Waals surface area (Å²) in [6.07, 6.45) is 3.01. The van der Waals surface area contributed by atoms with Gasteiger partial charge in [-0.05, 0) is 42.8 Å². The number of hydrogen-bond donors (Lipinski definition) is 1. The lowest BCUT2D eigenvalue weighted by Gasteiger charge is -2.09.